The highest BCUT2D eigenvalue weighted by atomic mass is 32.1. The summed E-state index contributed by atoms with van der Waals surface area (Å²) in [6.07, 6.45) is 4.90. The van der Waals surface area contributed by atoms with E-state index in [1.165, 1.54) is 17.0 Å². The second-order valence-corrected chi connectivity index (χ2v) is 10.2. The van der Waals surface area contributed by atoms with Gasteiger partial charge in [-0.05, 0) is 73.2 Å². The summed E-state index contributed by atoms with van der Waals surface area (Å²) in [6, 6.07) is 16.4. The quantitative estimate of drug-likeness (QED) is 0.247. The van der Waals surface area contributed by atoms with Crippen molar-refractivity contribution >= 4 is 44.1 Å². The molecule has 2 aromatic carbocycles. The van der Waals surface area contributed by atoms with Crippen molar-refractivity contribution in [1.29, 1.82) is 5.41 Å². The molecule has 1 amide bonds. The van der Waals surface area contributed by atoms with E-state index in [9.17, 15) is 4.79 Å². The van der Waals surface area contributed by atoms with E-state index in [4.69, 9.17) is 16.9 Å². The third-order valence-electron chi connectivity index (χ3n) is 7.08. The molecule has 1 saturated heterocycles. The predicted molar refractivity (Wildman–Crippen MR) is 136 cm³/mol. The number of nitrogen functional groups attached to an aromatic ring is 1. The number of aryl methyl sites for hydroxylation is 2. The first-order valence-corrected chi connectivity index (χ1v) is 12.2. The molecule has 1 unspecified atom stereocenters. The number of benzene rings is 2. The van der Waals surface area contributed by atoms with E-state index < -0.39 is 0 Å². The summed E-state index contributed by atoms with van der Waals surface area (Å²) in [5, 5.41) is 13.8. The number of thiophene rings is 1. The van der Waals surface area contributed by atoms with Gasteiger partial charge >= 0.3 is 0 Å². The number of primary amides is 1. The van der Waals surface area contributed by atoms with Crippen molar-refractivity contribution in [2.24, 2.45) is 18.5 Å². The molecule has 170 valence electrons. The fraction of sp³-hybridized carbons (Fsp3) is 0.308. The predicted octanol–water partition coefficient (Wildman–Crippen LogP) is 4.07. The van der Waals surface area contributed by atoms with E-state index in [2.05, 4.69) is 35.1 Å². The highest BCUT2D eigenvalue weighted by Gasteiger charge is 2.35. The monoisotopic (exact) mass is 459 g/mol. The third kappa shape index (κ3) is 3.92. The van der Waals surface area contributed by atoms with Crippen LogP contribution in [0, 0.1) is 5.41 Å². The fourth-order valence-electron chi connectivity index (χ4n) is 5.30. The van der Waals surface area contributed by atoms with Gasteiger partial charge in [0, 0.05) is 34.1 Å². The number of nitrogens with zero attached hydrogens (tertiary/aromatic N) is 1. The van der Waals surface area contributed by atoms with Gasteiger partial charge in [0.2, 0.25) is 0 Å². The first-order valence-electron chi connectivity index (χ1n) is 11.3. The number of fused-ring (bicyclic) bond motifs is 2. The van der Waals surface area contributed by atoms with Crippen molar-refractivity contribution < 1.29 is 4.79 Å². The number of rotatable bonds is 7. The number of nitrogens with two attached hydrogens (primary N) is 2. The van der Waals surface area contributed by atoms with Gasteiger partial charge in [0.25, 0.3) is 5.91 Å². The van der Waals surface area contributed by atoms with Crippen molar-refractivity contribution in [3.8, 4) is 0 Å². The highest BCUT2D eigenvalue weighted by Crippen LogP contribution is 2.37. The minimum absolute atomic E-state index is 0.0605. The number of carbonyl (C=O) groups is 1. The lowest BCUT2D eigenvalue weighted by Gasteiger charge is -2.30. The smallest absolute Gasteiger partial charge is 0.259 e. The normalized spacial score (nSPS) is 18.3. The van der Waals surface area contributed by atoms with Crippen LogP contribution in [0.25, 0.3) is 21.0 Å². The number of amides is 1. The van der Waals surface area contributed by atoms with E-state index in [0.29, 0.717) is 4.88 Å². The van der Waals surface area contributed by atoms with Crippen LogP contribution in [0.5, 0.6) is 0 Å². The van der Waals surface area contributed by atoms with Gasteiger partial charge in [0.15, 0.2) is 0 Å². The molecular formula is C26H29N5OS. The Morgan fingerprint density at radius 2 is 2.03 bits per heavy atom. The summed E-state index contributed by atoms with van der Waals surface area (Å²) in [5.74, 6) is -0.253. The number of carbonyl (C=O) groups excluding carboxylic acids is 1. The summed E-state index contributed by atoms with van der Waals surface area (Å²) in [5.41, 5.74) is 15.6. The van der Waals surface area contributed by atoms with E-state index in [0.717, 1.165) is 70.8 Å². The SMILES string of the molecule is Cn1c(CCC2(Cc3c(C(N)=O)sc4ccccc34)CCCN2)cc2ccc(C(=N)N)cc21. The third-order valence-corrected chi connectivity index (χ3v) is 8.31. The molecule has 0 radical (unpaired) electrons. The molecule has 3 heterocycles. The Hall–Kier alpha value is -3.16. The Balaban J connectivity index is 1.45. The highest BCUT2D eigenvalue weighted by molar-refractivity contribution is 7.21. The van der Waals surface area contributed by atoms with Crippen LogP contribution >= 0.6 is 11.3 Å². The average molecular weight is 460 g/mol. The van der Waals surface area contributed by atoms with Crippen LogP contribution < -0.4 is 16.8 Å². The Bertz CT molecular complexity index is 1380. The van der Waals surface area contributed by atoms with Crippen LogP contribution in [-0.2, 0) is 19.9 Å². The lowest BCUT2D eigenvalue weighted by Crippen LogP contribution is -2.42. The number of aromatic nitrogens is 1. The van der Waals surface area contributed by atoms with Crippen LogP contribution in [0.15, 0.2) is 48.5 Å². The molecule has 33 heavy (non-hydrogen) atoms. The topological polar surface area (TPSA) is 110 Å². The molecule has 1 fully saturated rings. The molecule has 6 N–H and O–H groups in total. The minimum Gasteiger partial charge on any atom is -0.384 e. The van der Waals surface area contributed by atoms with Crippen LogP contribution in [0.2, 0.25) is 0 Å². The molecule has 0 bridgehead atoms. The molecule has 5 rings (SSSR count). The fourth-order valence-corrected chi connectivity index (χ4v) is 6.37. The minimum atomic E-state index is -0.339. The van der Waals surface area contributed by atoms with Crippen LogP contribution in [-0.4, -0.2) is 28.4 Å². The maximum Gasteiger partial charge on any atom is 0.259 e. The molecular weight excluding hydrogens is 430 g/mol. The number of hydrogen-bond donors (Lipinski definition) is 4. The van der Waals surface area contributed by atoms with Gasteiger partial charge < -0.3 is 21.4 Å². The molecule has 1 aliphatic heterocycles. The maximum atomic E-state index is 12.3. The first kappa shape index (κ1) is 21.7. The van der Waals surface area contributed by atoms with Gasteiger partial charge in [0.1, 0.15) is 5.84 Å². The average Bonchev–Trinajstić information content (AvgIpc) is 3.49. The largest absolute Gasteiger partial charge is 0.384 e. The summed E-state index contributed by atoms with van der Waals surface area (Å²) >= 11 is 1.50. The van der Waals surface area contributed by atoms with Crippen LogP contribution in [0.4, 0.5) is 0 Å². The zero-order chi connectivity index (χ0) is 23.2. The maximum absolute atomic E-state index is 12.3. The summed E-state index contributed by atoms with van der Waals surface area (Å²) < 4.78 is 3.32. The first-order chi connectivity index (χ1) is 15.9. The molecule has 6 nitrogen and oxygen atoms in total. The molecule has 0 saturated carbocycles. The molecule has 1 atom stereocenters. The van der Waals surface area contributed by atoms with Crippen LogP contribution in [0.1, 0.15) is 45.8 Å². The Morgan fingerprint density at radius 1 is 1.21 bits per heavy atom. The summed E-state index contributed by atoms with van der Waals surface area (Å²) in [6.45, 7) is 0.991. The van der Waals surface area contributed by atoms with Gasteiger partial charge in [-0.25, -0.2) is 0 Å². The van der Waals surface area contributed by atoms with Crippen molar-refractivity contribution in [1.82, 2.24) is 9.88 Å². The zero-order valence-electron chi connectivity index (χ0n) is 18.8. The van der Waals surface area contributed by atoms with Gasteiger partial charge in [-0.3, -0.25) is 10.2 Å². The second kappa shape index (κ2) is 8.32. The second-order valence-electron chi connectivity index (χ2n) is 9.14. The lowest BCUT2D eigenvalue weighted by molar-refractivity contribution is 0.100. The van der Waals surface area contributed by atoms with Crippen molar-refractivity contribution in [3.63, 3.8) is 0 Å². The Kier molecular flexibility index (Phi) is 5.46. The lowest BCUT2D eigenvalue weighted by atomic mass is 9.83. The molecule has 2 aromatic heterocycles. The van der Waals surface area contributed by atoms with E-state index >= 15 is 0 Å². The Morgan fingerprint density at radius 3 is 2.76 bits per heavy atom. The molecule has 0 spiro atoms. The van der Waals surface area contributed by atoms with Gasteiger partial charge in [0.05, 0.1) is 4.88 Å². The zero-order valence-corrected chi connectivity index (χ0v) is 19.6. The van der Waals surface area contributed by atoms with Gasteiger partial charge in [-0.2, -0.15) is 0 Å². The molecule has 7 heteroatoms. The number of nitrogens with one attached hydrogen (secondary N) is 2. The van der Waals surface area contributed by atoms with Gasteiger partial charge in [-0.1, -0.05) is 30.3 Å². The number of hydrogen-bond acceptors (Lipinski definition) is 4. The summed E-state index contributed by atoms with van der Waals surface area (Å²) in [7, 11) is 2.08. The Labute approximate surface area is 197 Å². The standard InChI is InChI=1S/C26H29N5OS/c1-31-18(13-16-7-8-17(24(27)28)14-21(16)31)9-11-26(10-4-12-30-26)15-20-19-5-2-3-6-22(19)33-23(20)25(29)32/h2-3,5-8,13-14,30H,4,9-12,15H2,1H3,(H3,27,28)(H2,29,32). The van der Waals surface area contributed by atoms with Crippen molar-refractivity contribution in [3.05, 3.63) is 70.2 Å². The number of amidine groups is 1. The summed E-state index contributed by atoms with van der Waals surface area (Å²) in [4.78, 5) is 12.9. The molecule has 0 aliphatic carbocycles. The molecule has 1 aliphatic rings. The molecule has 4 aromatic rings. The van der Waals surface area contributed by atoms with Crippen LogP contribution in [0.3, 0.4) is 0 Å². The van der Waals surface area contributed by atoms with Gasteiger partial charge in [-0.15, -0.1) is 11.3 Å². The van der Waals surface area contributed by atoms with E-state index in [1.807, 2.05) is 30.3 Å². The van der Waals surface area contributed by atoms with E-state index in [-0.39, 0.29) is 17.3 Å². The van der Waals surface area contributed by atoms with Crippen molar-refractivity contribution in [2.45, 2.75) is 37.6 Å². The van der Waals surface area contributed by atoms with Crippen molar-refractivity contribution in [2.75, 3.05) is 6.54 Å². The van der Waals surface area contributed by atoms with E-state index in [1.54, 1.807) is 0 Å².